The number of hydrogen-bond acceptors (Lipinski definition) is 3. The third kappa shape index (κ3) is 0.799. The molecular formula is C12H12BrNO3. The molecule has 17 heavy (non-hydrogen) atoms. The van der Waals surface area contributed by atoms with E-state index in [-0.39, 0.29) is 23.8 Å². The summed E-state index contributed by atoms with van der Waals surface area (Å²) >= 11 is 3.35. The van der Waals surface area contributed by atoms with Gasteiger partial charge in [0.25, 0.3) is 0 Å². The lowest BCUT2D eigenvalue weighted by atomic mass is 9.93. The molecule has 0 N–H and O–H groups in total. The Labute approximate surface area is 107 Å². The molecule has 5 aliphatic rings. The number of unbranched alkanes of at least 4 members (excludes halogenated alkanes) is 1. The van der Waals surface area contributed by atoms with E-state index in [2.05, 4.69) is 15.9 Å². The minimum atomic E-state index is -0.516. The minimum Gasteiger partial charge on any atom is -0.360 e. The van der Waals surface area contributed by atoms with E-state index in [1.807, 2.05) is 12.2 Å². The lowest BCUT2D eigenvalue weighted by molar-refractivity contribution is -0.169. The predicted octanol–water partition coefficient (Wildman–Crippen LogP) is 0.854. The van der Waals surface area contributed by atoms with Crippen LogP contribution in [0, 0.1) is 11.3 Å². The molecule has 2 amide bonds. The Hall–Kier alpha value is -0.680. The number of imide groups is 1. The highest BCUT2D eigenvalue weighted by Gasteiger charge is 2.99. The number of alkyl halides is 1. The van der Waals surface area contributed by atoms with Crippen molar-refractivity contribution in [3.8, 4) is 0 Å². The largest absolute Gasteiger partial charge is 0.360 e. The normalized spacial score (nSPS) is 48.2. The Morgan fingerprint density at radius 2 is 2.24 bits per heavy atom. The van der Waals surface area contributed by atoms with Gasteiger partial charge in [-0.3, -0.25) is 14.5 Å². The van der Waals surface area contributed by atoms with Gasteiger partial charge in [-0.1, -0.05) is 28.1 Å². The van der Waals surface area contributed by atoms with Crippen LogP contribution < -0.4 is 0 Å². The van der Waals surface area contributed by atoms with E-state index in [4.69, 9.17) is 4.74 Å². The Kier molecular flexibility index (Phi) is 1.71. The SMILES string of the molecule is O=C1C2C34C=CC(O3)C24C(=O)N1CCCCBr. The Morgan fingerprint density at radius 1 is 1.41 bits per heavy atom. The van der Waals surface area contributed by atoms with E-state index >= 15 is 0 Å². The number of halogens is 1. The van der Waals surface area contributed by atoms with Gasteiger partial charge < -0.3 is 4.74 Å². The van der Waals surface area contributed by atoms with Crippen LogP contribution in [0.2, 0.25) is 0 Å². The van der Waals surface area contributed by atoms with Crippen molar-refractivity contribution < 1.29 is 14.3 Å². The van der Waals surface area contributed by atoms with Gasteiger partial charge >= 0.3 is 0 Å². The number of ether oxygens (including phenoxy) is 1. The number of likely N-dealkylation sites (tertiary alicyclic amines) is 1. The summed E-state index contributed by atoms with van der Waals surface area (Å²) in [6, 6.07) is 0. The van der Waals surface area contributed by atoms with Crippen molar-refractivity contribution in [2.45, 2.75) is 24.5 Å². The summed E-state index contributed by atoms with van der Waals surface area (Å²) in [6.07, 6.45) is 5.58. The molecule has 3 aliphatic heterocycles. The van der Waals surface area contributed by atoms with Gasteiger partial charge in [-0.05, 0) is 12.8 Å². The van der Waals surface area contributed by atoms with Crippen LogP contribution in [0.25, 0.3) is 0 Å². The van der Waals surface area contributed by atoms with Gasteiger partial charge in [0.15, 0.2) is 0 Å². The zero-order valence-corrected chi connectivity index (χ0v) is 10.8. The van der Waals surface area contributed by atoms with E-state index < -0.39 is 11.0 Å². The molecule has 4 unspecified atom stereocenters. The van der Waals surface area contributed by atoms with E-state index in [9.17, 15) is 9.59 Å². The average Bonchev–Trinajstić information content (AvgIpc) is 2.75. The van der Waals surface area contributed by atoms with E-state index in [0.29, 0.717) is 6.54 Å². The Bertz CT molecular complexity index is 476. The predicted molar refractivity (Wildman–Crippen MR) is 62.4 cm³/mol. The lowest BCUT2D eigenvalue weighted by Gasteiger charge is -2.35. The molecule has 3 fully saturated rings. The number of amides is 2. The van der Waals surface area contributed by atoms with Gasteiger partial charge in [0.2, 0.25) is 11.8 Å². The summed E-state index contributed by atoms with van der Waals surface area (Å²) in [7, 11) is 0. The molecule has 1 saturated carbocycles. The highest BCUT2D eigenvalue weighted by molar-refractivity contribution is 9.09. The second-order valence-electron chi connectivity index (χ2n) is 5.18. The van der Waals surface area contributed by atoms with Gasteiger partial charge in [0, 0.05) is 11.9 Å². The van der Waals surface area contributed by atoms with Crippen LogP contribution in [-0.4, -0.2) is 40.3 Å². The molecule has 4 nitrogen and oxygen atoms in total. The smallest absolute Gasteiger partial charge is 0.242 e. The molecule has 2 aliphatic carbocycles. The quantitative estimate of drug-likeness (QED) is 0.335. The van der Waals surface area contributed by atoms with Crippen LogP contribution in [0.3, 0.4) is 0 Å². The molecular weight excluding hydrogens is 286 g/mol. The van der Waals surface area contributed by atoms with Crippen LogP contribution in [-0.2, 0) is 14.3 Å². The lowest BCUT2D eigenvalue weighted by Crippen LogP contribution is -2.52. The molecule has 2 saturated heterocycles. The molecule has 0 aromatic rings. The molecule has 3 heterocycles. The monoisotopic (exact) mass is 297 g/mol. The van der Waals surface area contributed by atoms with Gasteiger partial charge in [0.1, 0.15) is 11.0 Å². The van der Waals surface area contributed by atoms with Crippen molar-refractivity contribution in [2.75, 3.05) is 11.9 Å². The van der Waals surface area contributed by atoms with E-state index in [1.165, 1.54) is 4.90 Å². The molecule has 0 aromatic heterocycles. The number of rotatable bonds is 4. The first-order valence-electron chi connectivity index (χ1n) is 5.99. The van der Waals surface area contributed by atoms with Crippen molar-refractivity contribution in [1.82, 2.24) is 4.90 Å². The average molecular weight is 298 g/mol. The molecule has 5 rings (SSSR count). The molecule has 2 spiro atoms. The third-order valence-electron chi connectivity index (χ3n) is 4.61. The zero-order chi connectivity index (χ0) is 11.8. The van der Waals surface area contributed by atoms with Crippen molar-refractivity contribution in [3.05, 3.63) is 12.2 Å². The first-order valence-corrected chi connectivity index (χ1v) is 7.11. The molecule has 0 aromatic carbocycles. The second kappa shape index (κ2) is 2.83. The first kappa shape index (κ1) is 10.3. The second-order valence-corrected chi connectivity index (χ2v) is 5.98. The fraction of sp³-hybridized carbons (Fsp3) is 0.667. The Balaban J connectivity index is 1.57. The number of nitrogens with zero attached hydrogens (tertiary/aromatic N) is 1. The van der Waals surface area contributed by atoms with Crippen molar-refractivity contribution in [3.63, 3.8) is 0 Å². The fourth-order valence-electron chi connectivity index (χ4n) is 3.83. The minimum absolute atomic E-state index is 0.00308. The summed E-state index contributed by atoms with van der Waals surface area (Å²) in [4.78, 5) is 26.0. The maximum Gasteiger partial charge on any atom is 0.242 e. The maximum atomic E-state index is 12.4. The van der Waals surface area contributed by atoms with E-state index in [0.717, 1.165) is 18.2 Å². The molecule has 90 valence electrons. The third-order valence-corrected chi connectivity index (χ3v) is 5.17. The maximum absolute atomic E-state index is 12.4. The van der Waals surface area contributed by atoms with E-state index in [1.54, 1.807) is 0 Å². The summed E-state index contributed by atoms with van der Waals surface area (Å²) < 4.78 is 5.60. The van der Waals surface area contributed by atoms with Crippen molar-refractivity contribution >= 4 is 27.7 Å². The highest BCUT2D eigenvalue weighted by atomic mass is 79.9. The topological polar surface area (TPSA) is 46.6 Å². The fourth-order valence-corrected chi connectivity index (χ4v) is 4.23. The van der Waals surface area contributed by atoms with Gasteiger partial charge in [0.05, 0.1) is 12.0 Å². The Morgan fingerprint density at radius 3 is 2.88 bits per heavy atom. The summed E-state index contributed by atoms with van der Waals surface area (Å²) in [5.74, 6) is -0.221. The first-order chi connectivity index (χ1) is 8.20. The van der Waals surface area contributed by atoms with Crippen LogP contribution in [0.15, 0.2) is 12.2 Å². The molecule has 5 heteroatoms. The molecule has 2 bridgehead atoms. The van der Waals surface area contributed by atoms with Gasteiger partial charge in [-0.15, -0.1) is 0 Å². The number of hydrogen-bond donors (Lipinski definition) is 0. The standard InChI is InChI=1S/C12H12BrNO3/c13-5-1-2-6-14-9(15)8-11-4-3-7(17-11)12(8,11)10(14)16/h3-4,7-8H,1-2,5-6H2. The number of carbonyl (C=O) groups excluding carboxylic acids is 2. The summed E-state index contributed by atoms with van der Waals surface area (Å²) in [5, 5.41) is 0.912. The van der Waals surface area contributed by atoms with Gasteiger partial charge in [-0.25, -0.2) is 0 Å². The molecule has 4 atom stereocenters. The summed E-state index contributed by atoms with van der Waals surface area (Å²) in [5.41, 5.74) is -1.02. The van der Waals surface area contributed by atoms with Crippen molar-refractivity contribution in [2.24, 2.45) is 11.3 Å². The van der Waals surface area contributed by atoms with Crippen LogP contribution in [0.1, 0.15) is 12.8 Å². The van der Waals surface area contributed by atoms with Crippen LogP contribution in [0.4, 0.5) is 0 Å². The molecule has 0 radical (unpaired) electrons. The highest BCUT2D eigenvalue weighted by Crippen LogP contribution is 2.82. The van der Waals surface area contributed by atoms with Crippen molar-refractivity contribution in [1.29, 1.82) is 0 Å². The van der Waals surface area contributed by atoms with Crippen LogP contribution >= 0.6 is 15.9 Å². The number of carbonyl (C=O) groups is 2. The number of piperidine rings is 1. The van der Waals surface area contributed by atoms with Crippen LogP contribution in [0.5, 0.6) is 0 Å². The summed E-state index contributed by atoms with van der Waals surface area (Å²) in [6.45, 7) is 0.560. The zero-order valence-electron chi connectivity index (χ0n) is 9.19. The van der Waals surface area contributed by atoms with Gasteiger partial charge in [-0.2, -0.15) is 0 Å².